The van der Waals surface area contributed by atoms with Crippen LogP contribution in [0, 0.1) is 0 Å². The normalized spacial score (nSPS) is 12.6. The van der Waals surface area contributed by atoms with Crippen molar-refractivity contribution in [1.82, 2.24) is 14.2 Å². The van der Waals surface area contributed by atoms with Crippen LogP contribution in [0.3, 0.4) is 0 Å². The zero-order chi connectivity index (χ0) is 24.2. The van der Waals surface area contributed by atoms with Gasteiger partial charge in [-0.15, -0.1) is 0 Å². The van der Waals surface area contributed by atoms with Gasteiger partial charge in [-0.25, -0.2) is 8.42 Å². The molecule has 2 amide bonds. The average molecular weight is 472 g/mol. The second-order valence-corrected chi connectivity index (χ2v) is 9.84. The van der Waals surface area contributed by atoms with E-state index in [-0.39, 0.29) is 10.8 Å². The minimum atomic E-state index is -3.92. The van der Waals surface area contributed by atoms with E-state index in [4.69, 9.17) is 0 Å². The second-order valence-electron chi connectivity index (χ2n) is 8.12. The van der Waals surface area contributed by atoms with E-state index in [0.29, 0.717) is 11.4 Å². The Morgan fingerprint density at radius 1 is 1.00 bits per heavy atom. The van der Waals surface area contributed by atoms with Gasteiger partial charge in [0.25, 0.3) is 0 Å². The molecule has 3 N–H and O–H groups in total. The van der Waals surface area contributed by atoms with Crippen molar-refractivity contribution in [2.24, 2.45) is 0 Å². The smallest absolute Gasteiger partial charge is 0.242 e. The summed E-state index contributed by atoms with van der Waals surface area (Å²) in [5, 5.41) is 6.33. The van der Waals surface area contributed by atoms with Crippen LogP contribution in [0.5, 0.6) is 0 Å². The number of sulfonamides is 1. The SMILES string of the molecule is CC(=O)Nc1ccc(S(=O)(=O)N[C@@H](C)C(=O)Nc2ccc3c(ccn3CCN(C)C)c2)cc1. The lowest BCUT2D eigenvalue weighted by molar-refractivity contribution is -0.117. The van der Waals surface area contributed by atoms with Crippen LogP contribution in [-0.4, -0.2) is 56.4 Å². The fourth-order valence-electron chi connectivity index (χ4n) is 3.31. The number of amides is 2. The summed E-state index contributed by atoms with van der Waals surface area (Å²) in [4.78, 5) is 25.8. The molecule has 0 radical (unpaired) electrons. The number of hydrogen-bond acceptors (Lipinski definition) is 5. The van der Waals surface area contributed by atoms with Crippen LogP contribution < -0.4 is 15.4 Å². The zero-order valence-electron chi connectivity index (χ0n) is 19.1. The largest absolute Gasteiger partial charge is 0.346 e. The van der Waals surface area contributed by atoms with Crippen LogP contribution in [0.1, 0.15) is 13.8 Å². The minimum Gasteiger partial charge on any atom is -0.346 e. The molecule has 1 heterocycles. The van der Waals surface area contributed by atoms with Crippen LogP contribution in [0.4, 0.5) is 11.4 Å². The summed E-state index contributed by atoms with van der Waals surface area (Å²) in [5.41, 5.74) is 2.13. The summed E-state index contributed by atoms with van der Waals surface area (Å²) in [6, 6.07) is 12.3. The molecule has 0 aliphatic heterocycles. The number of nitrogens with one attached hydrogen (secondary N) is 3. The number of aromatic nitrogens is 1. The second kappa shape index (κ2) is 10.2. The molecule has 10 heteroatoms. The number of hydrogen-bond donors (Lipinski definition) is 3. The molecule has 0 bridgehead atoms. The Hall–Kier alpha value is -3.21. The predicted octanol–water partition coefficient (Wildman–Crippen LogP) is 2.47. The van der Waals surface area contributed by atoms with Gasteiger partial charge in [0, 0.05) is 48.5 Å². The van der Waals surface area contributed by atoms with Crippen LogP contribution in [-0.2, 0) is 26.2 Å². The maximum absolute atomic E-state index is 12.6. The van der Waals surface area contributed by atoms with E-state index in [1.54, 1.807) is 6.07 Å². The number of likely N-dealkylation sites (N-methyl/N-ethyl adjacent to an activating group) is 1. The lowest BCUT2D eigenvalue weighted by atomic mass is 10.2. The van der Waals surface area contributed by atoms with E-state index >= 15 is 0 Å². The number of nitrogens with zero attached hydrogens (tertiary/aromatic N) is 2. The van der Waals surface area contributed by atoms with Crippen LogP contribution >= 0.6 is 0 Å². The molecule has 0 saturated carbocycles. The third-order valence-corrected chi connectivity index (χ3v) is 6.59. The number of benzene rings is 2. The molecule has 33 heavy (non-hydrogen) atoms. The van der Waals surface area contributed by atoms with Crippen molar-refractivity contribution in [3.63, 3.8) is 0 Å². The Morgan fingerprint density at radius 3 is 2.30 bits per heavy atom. The fourth-order valence-corrected chi connectivity index (χ4v) is 4.51. The highest BCUT2D eigenvalue weighted by Gasteiger charge is 2.22. The van der Waals surface area contributed by atoms with Gasteiger partial charge in [-0.1, -0.05) is 0 Å². The summed E-state index contributed by atoms with van der Waals surface area (Å²) in [5.74, 6) is -0.725. The zero-order valence-corrected chi connectivity index (χ0v) is 19.9. The molecule has 0 aliphatic rings. The predicted molar refractivity (Wildman–Crippen MR) is 130 cm³/mol. The highest BCUT2D eigenvalue weighted by molar-refractivity contribution is 7.89. The number of fused-ring (bicyclic) bond motifs is 1. The van der Waals surface area contributed by atoms with Crippen molar-refractivity contribution in [3.8, 4) is 0 Å². The van der Waals surface area contributed by atoms with Gasteiger partial charge in [-0.3, -0.25) is 9.59 Å². The highest BCUT2D eigenvalue weighted by Crippen LogP contribution is 2.21. The third kappa shape index (κ3) is 6.41. The molecular formula is C23H29N5O4S. The van der Waals surface area contributed by atoms with Crippen molar-refractivity contribution in [1.29, 1.82) is 0 Å². The monoisotopic (exact) mass is 471 g/mol. The molecule has 0 unspecified atom stereocenters. The molecule has 3 aromatic rings. The molecule has 1 atom stereocenters. The van der Waals surface area contributed by atoms with Gasteiger partial charge in [0.15, 0.2) is 0 Å². The lowest BCUT2D eigenvalue weighted by Gasteiger charge is -2.15. The van der Waals surface area contributed by atoms with Gasteiger partial charge in [0.2, 0.25) is 21.8 Å². The molecule has 1 aromatic heterocycles. The van der Waals surface area contributed by atoms with Gasteiger partial charge in [-0.05, 0) is 69.6 Å². The average Bonchev–Trinajstić information content (AvgIpc) is 3.14. The van der Waals surface area contributed by atoms with Gasteiger partial charge >= 0.3 is 0 Å². The van der Waals surface area contributed by atoms with E-state index < -0.39 is 22.0 Å². The summed E-state index contributed by atoms with van der Waals surface area (Å²) < 4.78 is 29.8. The maximum Gasteiger partial charge on any atom is 0.242 e. The Kier molecular flexibility index (Phi) is 7.52. The number of carbonyl (C=O) groups excluding carboxylic acids is 2. The van der Waals surface area contributed by atoms with E-state index in [9.17, 15) is 18.0 Å². The standard InChI is InChI=1S/C23H29N5O4S/c1-16(26-33(31,32)21-8-5-19(6-9-21)24-17(2)29)23(30)25-20-7-10-22-18(15-20)11-12-28(22)14-13-27(3)4/h5-12,15-16,26H,13-14H2,1-4H3,(H,24,29)(H,25,30)/t16-/m0/s1. The quantitative estimate of drug-likeness (QED) is 0.444. The minimum absolute atomic E-state index is 0.00302. The van der Waals surface area contributed by atoms with Gasteiger partial charge < -0.3 is 20.1 Å². The van der Waals surface area contributed by atoms with Crippen LogP contribution in [0.15, 0.2) is 59.6 Å². The Morgan fingerprint density at radius 2 is 1.67 bits per heavy atom. The first-order chi connectivity index (χ1) is 15.5. The molecule has 3 rings (SSSR count). The Labute approximate surface area is 193 Å². The Bertz CT molecular complexity index is 1250. The number of carbonyl (C=O) groups is 2. The van der Waals surface area contributed by atoms with Crippen molar-refractivity contribution >= 4 is 44.1 Å². The number of anilines is 2. The van der Waals surface area contributed by atoms with Crippen molar-refractivity contribution in [3.05, 3.63) is 54.7 Å². The summed E-state index contributed by atoms with van der Waals surface area (Å²) >= 11 is 0. The summed E-state index contributed by atoms with van der Waals surface area (Å²) in [6.45, 7) is 4.61. The van der Waals surface area contributed by atoms with Gasteiger partial charge in [0.05, 0.1) is 10.9 Å². The molecule has 176 valence electrons. The lowest BCUT2D eigenvalue weighted by Crippen LogP contribution is -2.41. The summed E-state index contributed by atoms with van der Waals surface area (Å²) in [7, 11) is 0.129. The summed E-state index contributed by atoms with van der Waals surface area (Å²) in [6.07, 6.45) is 2.01. The first kappa shape index (κ1) is 24.4. The van der Waals surface area contributed by atoms with Gasteiger partial charge in [0.1, 0.15) is 0 Å². The van der Waals surface area contributed by atoms with Crippen molar-refractivity contribution in [2.75, 3.05) is 31.3 Å². The molecule has 0 fully saturated rings. The highest BCUT2D eigenvalue weighted by atomic mass is 32.2. The molecule has 9 nitrogen and oxygen atoms in total. The molecule has 0 spiro atoms. The van der Waals surface area contributed by atoms with Crippen LogP contribution in [0.2, 0.25) is 0 Å². The fraction of sp³-hybridized carbons (Fsp3) is 0.304. The van der Waals surface area contributed by atoms with E-state index in [1.165, 1.54) is 38.1 Å². The Balaban J connectivity index is 1.65. The topological polar surface area (TPSA) is 113 Å². The first-order valence-electron chi connectivity index (χ1n) is 10.5. The first-order valence-corrected chi connectivity index (χ1v) is 12.0. The van der Waals surface area contributed by atoms with Crippen LogP contribution in [0.25, 0.3) is 10.9 Å². The van der Waals surface area contributed by atoms with E-state index in [2.05, 4.69) is 24.8 Å². The molecule has 2 aromatic carbocycles. The van der Waals surface area contributed by atoms with E-state index in [1.807, 2.05) is 38.5 Å². The van der Waals surface area contributed by atoms with Crippen molar-refractivity contribution < 1.29 is 18.0 Å². The third-order valence-electron chi connectivity index (χ3n) is 5.04. The van der Waals surface area contributed by atoms with E-state index in [0.717, 1.165) is 24.0 Å². The molecule has 0 saturated heterocycles. The van der Waals surface area contributed by atoms with Gasteiger partial charge in [-0.2, -0.15) is 4.72 Å². The van der Waals surface area contributed by atoms with Crippen molar-refractivity contribution in [2.45, 2.75) is 31.3 Å². The number of rotatable bonds is 9. The maximum atomic E-state index is 12.6. The molecular weight excluding hydrogens is 442 g/mol. The molecule has 0 aliphatic carbocycles.